The highest BCUT2D eigenvalue weighted by Crippen LogP contribution is 2.14. The molecule has 0 radical (unpaired) electrons. The Balaban J connectivity index is 0.00000144. The van der Waals surface area contributed by atoms with Crippen molar-refractivity contribution in [2.75, 3.05) is 0 Å². The van der Waals surface area contributed by atoms with E-state index in [-0.39, 0.29) is 18.4 Å². The minimum Gasteiger partial charge on any atom is -0.369 e. The highest BCUT2D eigenvalue weighted by molar-refractivity contribution is 5.97. The van der Waals surface area contributed by atoms with Crippen LogP contribution in [0.4, 0.5) is 0 Å². The molecule has 0 aliphatic rings. The predicted molar refractivity (Wildman–Crippen MR) is 72.4 cm³/mol. The molecule has 2 aromatic rings. The molecule has 0 saturated carbocycles. The number of nitrogens with two attached hydrogens (primary N) is 2. The average Bonchev–Trinajstić information content (AvgIpc) is 2.29. The van der Waals surface area contributed by atoms with E-state index in [1.807, 2.05) is 30.3 Å². The third kappa shape index (κ3) is 3.15. The first-order valence-corrected chi connectivity index (χ1v) is 4.73. The van der Waals surface area contributed by atoms with Crippen molar-refractivity contribution in [2.24, 2.45) is 21.7 Å². The number of benzene rings is 1. The summed E-state index contributed by atoms with van der Waals surface area (Å²) in [6.45, 7) is 0. The van der Waals surface area contributed by atoms with Crippen LogP contribution in [0.15, 0.2) is 46.7 Å². The van der Waals surface area contributed by atoms with Crippen molar-refractivity contribution in [3.63, 3.8) is 0 Å². The van der Waals surface area contributed by atoms with Crippen molar-refractivity contribution >= 4 is 35.4 Å². The summed E-state index contributed by atoms with van der Waals surface area (Å²) in [5.41, 5.74) is 11.1. The summed E-state index contributed by atoms with van der Waals surface area (Å²) in [5.74, 6) is -0.0727. The molecule has 1 aromatic carbocycles. The third-order valence-corrected chi connectivity index (χ3v) is 2.06. The molecule has 0 saturated heterocycles. The highest BCUT2D eigenvalue weighted by atomic mass is 35.5. The summed E-state index contributed by atoms with van der Waals surface area (Å²) < 4.78 is 0. The topological polar surface area (TPSA) is 89.7 Å². The maximum atomic E-state index is 5.16. The smallest absolute Gasteiger partial charge is 0.211 e. The van der Waals surface area contributed by atoms with Gasteiger partial charge in [-0.3, -0.25) is 4.98 Å². The van der Waals surface area contributed by atoms with E-state index in [0.717, 1.165) is 16.5 Å². The summed E-state index contributed by atoms with van der Waals surface area (Å²) in [5, 5.41) is 9.38. The van der Waals surface area contributed by atoms with Crippen molar-refractivity contribution in [1.82, 2.24) is 4.98 Å². The van der Waals surface area contributed by atoms with Gasteiger partial charge in [-0.1, -0.05) is 24.3 Å². The highest BCUT2D eigenvalue weighted by Gasteiger charge is 1.97. The monoisotopic (exact) mass is 249 g/mol. The Kier molecular flexibility index (Phi) is 4.42. The molecule has 0 bridgehead atoms. The van der Waals surface area contributed by atoms with Crippen LogP contribution in [-0.4, -0.2) is 17.2 Å². The molecule has 2 rings (SSSR count). The molecule has 5 nitrogen and oxygen atoms in total. The fourth-order valence-electron chi connectivity index (χ4n) is 1.40. The zero-order chi connectivity index (χ0) is 11.4. The summed E-state index contributed by atoms with van der Waals surface area (Å²) in [6, 6.07) is 9.84. The molecule has 4 N–H and O–H groups in total. The number of hydrogen-bond acceptors (Lipinski definition) is 3. The van der Waals surface area contributed by atoms with Gasteiger partial charge in [0.05, 0.1) is 11.9 Å². The van der Waals surface area contributed by atoms with E-state index in [1.165, 1.54) is 6.21 Å². The number of fused-ring (bicyclic) bond motifs is 1. The van der Waals surface area contributed by atoms with Crippen LogP contribution in [0.1, 0.15) is 5.69 Å². The normalized spacial score (nSPS) is 10.1. The van der Waals surface area contributed by atoms with Gasteiger partial charge in [0.25, 0.3) is 0 Å². The number of nitrogens with zero attached hydrogens (tertiary/aromatic N) is 3. The second-order valence-electron chi connectivity index (χ2n) is 3.19. The Morgan fingerprint density at radius 3 is 2.71 bits per heavy atom. The van der Waals surface area contributed by atoms with Gasteiger partial charge < -0.3 is 11.5 Å². The maximum Gasteiger partial charge on any atom is 0.211 e. The Hall–Kier alpha value is -2.14. The van der Waals surface area contributed by atoms with Crippen molar-refractivity contribution in [3.8, 4) is 0 Å². The molecule has 0 aliphatic carbocycles. The number of hydrogen-bond donors (Lipinski definition) is 2. The van der Waals surface area contributed by atoms with Crippen LogP contribution in [0.2, 0.25) is 0 Å². The molecule has 0 aliphatic heterocycles. The minimum absolute atomic E-state index is 0. The summed E-state index contributed by atoms with van der Waals surface area (Å²) in [4.78, 5) is 4.20. The Labute approximate surface area is 105 Å². The second-order valence-corrected chi connectivity index (χ2v) is 3.19. The van der Waals surface area contributed by atoms with Gasteiger partial charge in [-0.15, -0.1) is 17.5 Å². The van der Waals surface area contributed by atoms with Crippen molar-refractivity contribution in [1.29, 1.82) is 0 Å². The number of pyridine rings is 1. The van der Waals surface area contributed by atoms with Crippen LogP contribution in [0.5, 0.6) is 0 Å². The molecule has 0 spiro atoms. The molecular formula is C11H12ClN5. The van der Waals surface area contributed by atoms with Crippen LogP contribution in [0, 0.1) is 0 Å². The Bertz CT molecular complexity index is 555. The number of guanidine groups is 1. The lowest BCUT2D eigenvalue weighted by Gasteiger charge is -1.98. The molecular weight excluding hydrogens is 238 g/mol. The maximum absolute atomic E-state index is 5.16. The van der Waals surface area contributed by atoms with Crippen LogP contribution in [0.25, 0.3) is 10.8 Å². The van der Waals surface area contributed by atoms with Gasteiger partial charge in [0.1, 0.15) is 0 Å². The number of aromatic nitrogens is 1. The predicted octanol–water partition coefficient (Wildman–Crippen LogP) is 1.26. The fourth-order valence-corrected chi connectivity index (χ4v) is 1.40. The zero-order valence-electron chi connectivity index (χ0n) is 8.95. The molecule has 0 amide bonds. The first-order chi connectivity index (χ1) is 7.77. The lowest BCUT2D eigenvalue weighted by atomic mass is 10.1. The molecule has 1 aromatic heterocycles. The van der Waals surface area contributed by atoms with E-state index in [9.17, 15) is 0 Å². The number of rotatable bonds is 2. The summed E-state index contributed by atoms with van der Waals surface area (Å²) in [7, 11) is 0. The summed E-state index contributed by atoms with van der Waals surface area (Å²) >= 11 is 0. The van der Waals surface area contributed by atoms with E-state index in [2.05, 4.69) is 15.2 Å². The van der Waals surface area contributed by atoms with Gasteiger partial charge in [-0.25, -0.2) is 0 Å². The van der Waals surface area contributed by atoms with Crippen molar-refractivity contribution in [3.05, 3.63) is 42.2 Å². The molecule has 0 unspecified atom stereocenters. The van der Waals surface area contributed by atoms with Gasteiger partial charge in [-0.2, -0.15) is 5.10 Å². The first-order valence-electron chi connectivity index (χ1n) is 4.73. The quantitative estimate of drug-likeness (QED) is 0.477. The molecule has 0 atom stereocenters. The molecule has 0 fully saturated rings. The van der Waals surface area contributed by atoms with Crippen molar-refractivity contribution < 1.29 is 0 Å². The third-order valence-electron chi connectivity index (χ3n) is 2.06. The van der Waals surface area contributed by atoms with Gasteiger partial charge in [-0.05, 0) is 11.5 Å². The Morgan fingerprint density at radius 1 is 1.18 bits per heavy atom. The van der Waals surface area contributed by atoms with Crippen molar-refractivity contribution in [2.45, 2.75) is 0 Å². The van der Waals surface area contributed by atoms with E-state index >= 15 is 0 Å². The number of halogens is 1. The van der Waals surface area contributed by atoms with Gasteiger partial charge in [0, 0.05) is 11.6 Å². The van der Waals surface area contributed by atoms with E-state index in [4.69, 9.17) is 11.5 Å². The SMILES string of the molecule is Cl.NC(N)=N/N=C/c1nccc2ccccc12. The van der Waals surface area contributed by atoms with Gasteiger partial charge in [0.15, 0.2) is 0 Å². The minimum atomic E-state index is -0.0727. The standard InChI is InChI=1S/C11H11N5.ClH/c12-11(13)16-15-7-10-9-4-2-1-3-8(9)5-6-14-10;/h1-7H,(H4,12,13,16);1H/b15-7+;. The molecule has 17 heavy (non-hydrogen) atoms. The van der Waals surface area contributed by atoms with Crippen LogP contribution < -0.4 is 11.5 Å². The Morgan fingerprint density at radius 2 is 1.94 bits per heavy atom. The van der Waals surface area contributed by atoms with E-state index < -0.39 is 0 Å². The largest absolute Gasteiger partial charge is 0.369 e. The summed E-state index contributed by atoms with van der Waals surface area (Å²) in [6.07, 6.45) is 3.25. The van der Waals surface area contributed by atoms with Gasteiger partial charge >= 0.3 is 0 Å². The fraction of sp³-hybridized carbons (Fsp3) is 0. The molecule has 6 heteroatoms. The zero-order valence-corrected chi connectivity index (χ0v) is 9.76. The molecule has 1 heterocycles. The lowest BCUT2D eigenvalue weighted by molar-refractivity contribution is 1.21. The van der Waals surface area contributed by atoms with Crippen LogP contribution >= 0.6 is 12.4 Å². The van der Waals surface area contributed by atoms with E-state index in [0.29, 0.717) is 0 Å². The van der Waals surface area contributed by atoms with Gasteiger partial charge in [0.2, 0.25) is 5.96 Å². The first kappa shape index (κ1) is 12.9. The van der Waals surface area contributed by atoms with Crippen LogP contribution in [0.3, 0.4) is 0 Å². The molecule has 88 valence electrons. The average molecular weight is 250 g/mol. The van der Waals surface area contributed by atoms with E-state index in [1.54, 1.807) is 6.20 Å². The van der Waals surface area contributed by atoms with Crippen LogP contribution in [-0.2, 0) is 0 Å². The lowest BCUT2D eigenvalue weighted by Crippen LogP contribution is -2.21. The second kappa shape index (κ2) is 5.81.